The lowest BCUT2D eigenvalue weighted by Gasteiger charge is -2.04. The van der Waals surface area contributed by atoms with Crippen LogP contribution >= 0.6 is 0 Å². The summed E-state index contributed by atoms with van der Waals surface area (Å²) in [6, 6.07) is 11.0. The molecule has 0 aliphatic rings. The largest absolute Gasteiger partial charge is 0.508 e. The van der Waals surface area contributed by atoms with Crippen molar-refractivity contribution in [3.63, 3.8) is 0 Å². The third-order valence-electron chi connectivity index (χ3n) is 2.28. The van der Waals surface area contributed by atoms with Crippen LogP contribution in [0.25, 0.3) is 10.8 Å². The van der Waals surface area contributed by atoms with E-state index in [1.54, 1.807) is 18.2 Å². The zero-order valence-electron chi connectivity index (χ0n) is 9.78. The zero-order valence-corrected chi connectivity index (χ0v) is 9.78. The van der Waals surface area contributed by atoms with E-state index in [1.807, 2.05) is 32.9 Å². The first-order valence-electron chi connectivity index (χ1n) is 5.35. The van der Waals surface area contributed by atoms with Gasteiger partial charge in [0.05, 0.1) is 11.6 Å². The van der Waals surface area contributed by atoms with E-state index in [0.29, 0.717) is 5.56 Å². The Labute approximate surface area is 95.8 Å². The molecule has 0 fully saturated rings. The molecule has 16 heavy (non-hydrogen) atoms. The molecule has 0 unspecified atom stereocenters. The van der Waals surface area contributed by atoms with Crippen LogP contribution in [0.4, 0.5) is 0 Å². The summed E-state index contributed by atoms with van der Waals surface area (Å²) in [6.07, 6.45) is 0. The first-order valence-corrected chi connectivity index (χ1v) is 5.35. The number of rotatable bonds is 0. The molecule has 0 bridgehead atoms. The molecule has 1 N–H and O–H groups in total. The molecule has 0 aliphatic carbocycles. The summed E-state index contributed by atoms with van der Waals surface area (Å²) in [4.78, 5) is 0. The molecule has 2 aromatic carbocycles. The van der Waals surface area contributed by atoms with Gasteiger partial charge in [0.25, 0.3) is 0 Å². The maximum absolute atomic E-state index is 9.39. The number of nitriles is 1. The molecule has 0 saturated heterocycles. The molecular weight excluding hydrogens is 198 g/mol. The second-order valence-corrected chi connectivity index (χ2v) is 3.28. The van der Waals surface area contributed by atoms with Gasteiger partial charge in [-0.15, -0.1) is 0 Å². The van der Waals surface area contributed by atoms with Gasteiger partial charge in [-0.05, 0) is 36.1 Å². The van der Waals surface area contributed by atoms with E-state index in [2.05, 4.69) is 6.07 Å². The highest BCUT2D eigenvalue weighted by molar-refractivity contribution is 5.91. The summed E-state index contributed by atoms with van der Waals surface area (Å²) in [6.45, 7) is 5.89. The molecule has 2 nitrogen and oxygen atoms in total. The van der Waals surface area contributed by atoms with E-state index in [4.69, 9.17) is 5.26 Å². The smallest absolute Gasteiger partial charge is 0.116 e. The van der Waals surface area contributed by atoms with Crippen LogP contribution in [0.5, 0.6) is 5.75 Å². The van der Waals surface area contributed by atoms with E-state index < -0.39 is 0 Å². The monoisotopic (exact) mass is 213 g/mol. The Morgan fingerprint density at radius 2 is 1.88 bits per heavy atom. The van der Waals surface area contributed by atoms with Crippen molar-refractivity contribution < 1.29 is 5.11 Å². The van der Waals surface area contributed by atoms with E-state index in [0.717, 1.165) is 16.3 Å². The van der Waals surface area contributed by atoms with E-state index in [1.165, 1.54) is 0 Å². The fourth-order valence-electron chi connectivity index (χ4n) is 1.72. The first-order chi connectivity index (χ1) is 7.72. The fraction of sp³-hybridized carbons (Fsp3) is 0.214. The standard InChI is InChI=1S/C12H9NO.C2H6/c1-8-5-11(14)6-9-3-2-4-10(7-13)12(8)9;1-2/h2-6,14H,1H3;1-2H3. The molecule has 0 amide bonds. The van der Waals surface area contributed by atoms with Gasteiger partial charge in [-0.2, -0.15) is 5.26 Å². The first kappa shape index (κ1) is 12.1. The van der Waals surface area contributed by atoms with Crippen molar-refractivity contribution in [2.75, 3.05) is 0 Å². The van der Waals surface area contributed by atoms with Crippen LogP contribution in [0.3, 0.4) is 0 Å². The number of aromatic hydroxyl groups is 1. The van der Waals surface area contributed by atoms with Gasteiger partial charge in [-0.25, -0.2) is 0 Å². The minimum atomic E-state index is 0.241. The lowest BCUT2D eigenvalue weighted by Crippen LogP contribution is -1.83. The Balaban J connectivity index is 0.000000606. The molecule has 82 valence electrons. The van der Waals surface area contributed by atoms with Crippen LogP contribution in [-0.4, -0.2) is 5.11 Å². The maximum Gasteiger partial charge on any atom is 0.116 e. The van der Waals surface area contributed by atoms with Crippen molar-refractivity contribution in [2.45, 2.75) is 20.8 Å². The molecule has 0 aliphatic heterocycles. The Morgan fingerprint density at radius 1 is 1.19 bits per heavy atom. The minimum Gasteiger partial charge on any atom is -0.508 e. The number of benzene rings is 2. The summed E-state index contributed by atoms with van der Waals surface area (Å²) >= 11 is 0. The Morgan fingerprint density at radius 3 is 2.50 bits per heavy atom. The zero-order chi connectivity index (χ0) is 12.1. The van der Waals surface area contributed by atoms with Crippen molar-refractivity contribution >= 4 is 10.8 Å². The van der Waals surface area contributed by atoms with Crippen molar-refractivity contribution in [1.29, 1.82) is 5.26 Å². The number of hydrogen-bond donors (Lipinski definition) is 1. The quantitative estimate of drug-likeness (QED) is 0.724. The predicted octanol–water partition coefficient (Wildman–Crippen LogP) is 3.75. The highest BCUT2D eigenvalue weighted by Gasteiger charge is 2.04. The van der Waals surface area contributed by atoms with Crippen LogP contribution in [-0.2, 0) is 0 Å². The molecule has 2 rings (SSSR count). The Bertz CT molecular complexity index is 538. The molecule has 2 heteroatoms. The number of hydrogen-bond acceptors (Lipinski definition) is 2. The highest BCUT2D eigenvalue weighted by atomic mass is 16.3. The van der Waals surface area contributed by atoms with E-state index in [9.17, 15) is 5.11 Å². The molecular formula is C14H15NO. The van der Waals surface area contributed by atoms with Gasteiger partial charge in [0.1, 0.15) is 5.75 Å². The van der Waals surface area contributed by atoms with E-state index in [-0.39, 0.29) is 5.75 Å². The van der Waals surface area contributed by atoms with Crippen LogP contribution in [0.15, 0.2) is 30.3 Å². The van der Waals surface area contributed by atoms with Crippen molar-refractivity contribution in [3.05, 3.63) is 41.5 Å². The summed E-state index contributed by atoms with van der Waals surface area (Å²) in [5.74, 6) is 0.241. The number of nitrogens with zero attached hydrogens (tertiary/aromatic N) is 1. The van der Waals surface area contributed by atoms with Gasteiger partial charge in [-0.1, -0.05) is 26.0 Å². The van der Waals surface area contributed by atoms with Crippen molar-refractivity contribution in [2.24, 2.45) is 0 Å². The van der Waals surface area contributed by atoms with Gasteiger partial charge in [0, 0.05) is 5.39 Å². The second kappa shape index (κ2) is 5.18. The number of phenolic OH excluding ortho intramolecular Hbond substituents is 1. The third kappa shape index (κ3) is 2.14. The lowest BCUT2D eigenvalue weighted by atomic mass is 10.0. The summed E-state index contributed by atoms with van der Waals surface area (Å²) < 4.78 is 0. The van der Waals surface area contributed by atoms with Gasteiger partial charge in [0.2, 0.25) is 0 Å². The Hall–Kier alpha value is -2.01. The van der Waals surface area contributed by atoms with Gasteiger partial charge in [0.15, 0.2) is 0 Å². The summed E-state index contributed by atoms with van der Waals surface area (Å²) in [5.41, 5.74) is 1.58. The SMILES string of the molecule is CC.Cc1cc(O)cc2cccc(C#N)c12. The van der Waals surface area contributed by atoms with E-state index >= 15 is 0 Å². The fourth-order valence-corrected chi connectivity index (χ4v) is 1.72. The molecule has 0 spiro atoms. The Kier molecular flexibility index (Phi) is 3.90. The van der Waals surface area contributed by atoms with Crippen molar-refractivity contribution in [1.82, 2.24) is 0 Å². The molecule has 0 atom stereocenters. The molecule has 0 radical (unpaired) electrons. The molecule has 2 aromatic rings. The molecule has 0 heterocycles. The summed E-state index contributed by atoms with van der Waals surface area (Å²) in [5, 5.41) is 20.1. The van der Waals surface area contributed by atoms with Crippen LogP contribution in [0, 0.1) is 18.3 Å². The van der Waals surface area contributed by atoms with Gasteiger partial charge >= 0.3 is 0 Å². The predicted molar refractivity (Wildman–Crippen MR) is 66.4 cm³/mol. The minimum absolute atomic E-state index is 0.241. The molecule has 0 aromatic heterocycles. The van der Waals surface area contributed by atoms with Crippen LogP contribution < -0.4 is 0 Å². The number of fused-ring (bicyclic) bond motifs is 1. The van der Waals surface area contributed by atoms with Crippen LogP contribution in [0.2, 0.25) is 0 Å². The third-order valence-corrected chi connectivity index (χ3v) is 2.28. The maximum atomic E-state index is 9.39. The van der Waals surface area contributed by atoms with Gasteiger partial charge < -0.3 is 5.11 Å². The van der Waals surface area contributed by atoms with Crippen LogP contribution in [0.1, 0.15) is 25.0 Å². The number of phenols is 1. The number of aryl methyl sites for hydroxylation is 1. The lowest BCUT2D eigenvalue weighted by molar-refractivity contribution is 0.476. The topological polar surface area (TPSA) is 44.0 Å². The van der Waals surface area contributed by atoms with Gasteiger partial charge in [-0.3, -0.25) is 0 Å². The average molecular weight is 213 g/mol. The second-order valence-electron chi connectivity index (χ2n) is 3.28. The van der Waals surface area contributed by atoms with Crippen molar-refractivity contribution in [3.8, 4) is 11.8 Å². The molecule has 0 saturated carbocycles. The normalized spacial score (nSPS) is 9.12. The average Bonchev–Trinajstić information content (AvgIpc) is 2.30. The highest BCUT2D eigenvalue weighted by Crippen LogP contribution is 2.26. The summed E-state index contributed by atoms with van der Waals surface area (Å²) in [7, 11) is 0.